The third kappa shape index (κ3) is 23.6. The number of carbonyl (C=O) groups is 1. The van der Waals surface area contributed by atoms with Crippen molar-refractivity contribution in [2.24, 2.45) is 0 Å². The average molecular weight is 329 g/mol. The lowest BCUT2D eigenvalue weighted by Crippen LogP contribution is -2.05. The minimum Gasteiger partial charge on any atom is -0.462 e. The molecule has 0 radical (unpaired) electrons. The molecular formula is C20H40O3. The smallest absolute Gasteiger partial charge is 0.333 e. The van der Waals surface area contributed by atoms with Crippen LogP contribution in [0.25, 0.3) is 0 Å². The molecule has 0 spiro atoms. The molecule has 0 aliphatic carbocycles. The molecule has 0 atom stereocenters. The second-order valence-electron chi connectivity index (χ2n) is 5.88. The lowest BCUT2D eigenvalue weighted by molar-refractivity contribution is -0.139. The van der Waals surface area contributed by atoms with Crippen molar-refractivity contribution in [3.05, 3.63) is 12.2 Å². The van der Waals surface area contributed by atoms with Gasteiger partial charge in [0.1, 0.15) is 0 Å². The first-order valence-electron chi connectivity index (χ1n) is 9.50. The minimum atomic E-state index is -0.258. The highest BCUT2D eigenvalue weighted by Gasteiger charge is 2.01. The van der Waals surface area contributed by atoms with Crippen LogP contribution < -0.4 is 0 Å². The highest BCUT2D eigenvalue weighted by Crippen LogP contribution is 2.10. The van der Waals surface area contributed by atoms with E-state index in [9.17, 15) is 4.79 Å². The molecule has 0 aromatic rings. The Hall–Kier alpha value is -0.830. The van der Waals surface area contributed by atoms with Gasteiger partial charge in [-0.25, -0.2) is 4.79 Å². The first kappa shape index (κ1) is 24.4. The summed E-state index contributed by atoms with van der Waals surface area (Å²) in [5.41, 5.74) is 0.488. The van der Waals surface area contributed by atoms with Crippen LogP contribution in [0.3, 0.4) is 0 Å². The topological polar surface area (TPSA) is 35.5 Å². The van der Waals surface area contributed by atoms with E-state index < -0.39 is 0 Å². The van der Waals surface area contributed by atoms with Crippen LogP contribution in [0.4, 0.5) is 0 Å². The van der Waals surface area contributed by atoms with Gasteiger partial charge < -0.3 is 9.47 Å². The quantitative estimate of drug-likeness (QED) is 0.220. The summed E-state index contributed by atoms with van der Waals surface area (Å²) in [6, 6.07) is 0. The molecule has 23 heavy (non-hydrogen) atoms. The van der Waals surface area contributed by atoms with E-state index in [-0.39, 0.29) is 5.97 Å². The van der Waals surface area contributed by atoms with Gasteiger partial charge in [0.25, 0.3) is 0 Å². The molecule has 0 amide bonds. The number of ether oxygens (including phenoxy) is 2. The number of hydrogen-bond acceptors (Lipinski definition) is 3. The van der Waals surface area contributed by atoms with Crippen LogP contribution in [-0.2, 0) is 14.3 Å². The Bertz CT molecular complexity index is 260. The van der Waals surface area contributed by atoms with Crippen molar-refractivity contribution in [2.45, 2.75) is 91.9 Å². The SMILES string of the molecule is C=C(C)C(=O)OCCCCCCCCCCCC.CCOCC. The number of carbonyl (C=O) groups excluding carboxylic acids is 1. The average Bonchev–Trinajstić information content (AvgIpc) is 2.53. The maximum atomic E-state index is 11.1. The van der Waals surface area contributed by atoms with E-state index in [1.165, 1.54) is 57.8 Å². The number of rotatable bonds is 14. The van der Waals surface area contributed by atoms with Gasteiger partial charge in [-0.05, 0) is 27.2 Å². The molecule has 0 aromatic carbocycles. The molecule has 0 fully saturated rings. The van der Waals surface area contributed by atoms with Crippen LogP contribution >= 0.6 is 0 Å². The summed E-state index contributed by atoms with van der Waals surface area (Å²) >= 11 is 0. The third-order valence-corrected chi connectivity index (χ3v) is 3.49. The van der Waals surface area contributed by atoms with E-state index in [0.717, 1.165) is 19.6 Å². The normalized spacial score (nSPS) is 9.91. The van der Waals surface area contributed by atoms with Gasteiger partial charge in [-0.3, -0.25) is 0 Å². The van der Waals surface area contributed by atoms with Crippen molar-refractivity contribution in [2.75, 3.05) is 19.8 Å². The third-order valence-electron chi connectivity index (χ3n) is 3.49. The van der Waals surface area contributed by atoms with Crippen molar-refractivity contribution in [1.82, 2.24) is 0 Å². The Morgan fingerprint density at radius 1 is 0.783 bits per heavy atom. The zero-order valence-corrected chi connectivity index (χ0v) is 16.1. The van der Waals surface area contributed by atoms with Gasteiger partial charge in [-0.2, -0.15) is 0 Å². The molecule has 0 saturated heterocycles. The predicted molar refractivity (Wildman–Crippen MR) is 99.8 cm³/mol. The van der Waals surface area contributed by atoms with E-state index >= 15 is 0 Å². The lowest BCUT2D eigenvalue weighted by atomic mass is 10.1. The highest BCUT2D eigenvalue weighted by atomic mass is 16.5. The van der Waals surface area contributed by atoms with E-state index in [4.69, 9.17) is 9.47 Å². The van der Waals surface area contributed by atoms with Gasteiger partial charge in [0.15, 0.2) is 0 Å². The van der Waals surface area contributed by atoms with Gasteiger partial charge in [-0.15, -0.1) is 0 Å². The second kappa shape index (κ2) is 21.2. The molecule has 3 nitrogen and oxygen atoms in total. The molecule has 0 aromatic heterocycles. The fourth-order valence-electron chi connectivity index (χ4n) is 2.08. The highest BCUT2D eigenvalue weighted by molar-refractivity contribution is 5.86. The van der Waals surface area contributed by atoms with Crippen molar-refractivity contribution in [3.8, 4) is 0 Å². The molecule has 0 saturated carbocycles. The molecule has 0 unspecified atom stereocenters. The maximum absolute atomic E-state index is 11.1. The van der Waals surface area contributed by atoms with Crippen LogP contribution in [0.2, 0.25) is 0 Å². The number of esters is 1. The summed E-state index contributed by atoms with van der Waals surface area (Å²) in [4.78, 5) is 11.1. The van der Waals surface area contributed by atoms with Gasteiger partial charge in [0.2, 0.25) is 0 Å². The molecule has 0 heterocycles. The van der Waals surface area contributed by atoms with Gasteiger partial charge in [-0.1, -0.05) is 71.3 Å². The van der Waals surface area contributed by atoms with Gasteiger partial charge in [0, 0.05) is 18.8 Å². The first-order valence-corrected chi connectivity index (χ1v) is 9.50. The van der Waals surface area contributed by atoms with E-state index in [0.29, 0.717) is 12.2 Å². The largest absolute Gasteiger partial charge is 0.462 e. The fourth-order valence-corrected chi connectivity index (χ4v) is 2.08. The van der Waals surface area contributed by atoms with Crippen LogP contribution in [0.15, 0.2) is 12.2 Å². The Kier molecular flexibility index (Phi) is 22.5. The molecule has 138 valence electrons. The minimum absolute atomic E-state index is 0.258. The second-order valence-corrected chi connectivity index (χ2v) is 5.88. The number of unbranched alkanes of at least 4 members (excludes halogenated alkanes) is 9. The Balaban J connectivity index is 0. The van der Waals surface area contributed by atoms with Crippen molar-refractivity contribution in [1.29, 1.82) is 0 Å². The zero-order chi connectivity index (χ0) is 17.8. The van der Waals surface area contributed by atoms with E-state index in [1.54, 1.807) is 6.92 Å². The Morgan fingerprint density at radius 3 is 1.57 bits per heavy atom. The Morgan fingerprint density at radius 2 is 1.22 bits per heavy atom. The van der Waals surface area contributed by atoms with Gasteiger partial charge in [0.05, 0.1) is 6.61 Å². The first-order chi connectivity index (χ1) is 11.1. The standard InChI is InChI=1S/C16H30O2.C4H10O/c1-4-5-6-7-8-9-10-11-12-13-14-18-16(17)15(2)3;1-3-5-4-2/h2,4-14H2,1,3H3;3-4H2,1-2H3. The van der Waals surface area contributed by atoms with Gasteiger partial charge >= 0.3 is 5.97 Å². The molecular weight excluding hydrogens is 288 g/mol. The summed E-state index contributed by atoms with van der Waals surface area (Å²) < 4.78 is 9.87. The van der Waals surface area contributed by atoms with Crippen molar-refractivity contribution < 1.29 is 14.3 Å². The summed E-state index contributed by atoms with van der Waals surface area (Å²) in [6.07, 6.45) is 13.0. The molecule has 3 heteroatoms. The zero-order valence-electron chi connectivity index (χ0n) is 16.1. The fraction of sp³-hybridized carbons (Fsp3) is 0.850. The van der Waals surface area contributed by atoms with Crippen molar-refractivity contribution in [3.63, 3.8) is 0 Å². The summed E-state index contributed by atoms with van der Waals surface area (Å²) in [6.45, 7) is 13.7. The van der Waals surface area contributed by atoms with Crippen LogP contribution in [-0.4, -0.2) is 25.8 Å². The molecule has 0 aliphatic heterocycles. The van der Waals surface area contributed by atoms with Crippen LogP contribution in [0.1, 0.15) is 91.9 Å². The van der Waals surface area contributed by atoms with Crippen LogP contribution in [0.5, 0.6) is 0 Å². The lowest BCUT2D eigenvalue weighted by Gasteiger charge is -2.04. The van der Waals surface area contributed by atoms with E-state index in [1.807, 2.05) is 13.8 Å². The summed E-state index contributed by atoms with van der Waals surface area (Å²) in [5, 5.41) is 0. The molecule has 0 bridgehead atoms. The molecule has 0 rings (SSSR count). The predicted octanol–water partition coefficient (Wildman–Crippen LogP) is 6.07. The van der Waals surface area contributed by atoms with Crippen molar-refractivity contribution >= 4 is 5.97 Å². The summed E-state index contributed by atoms with van der Waals surface area (Å²) in [5.74, 6) is -0.258. The Labute approximate surface area is 144 Å². The van der Waals surface area contributed by atoms with Crippen LogP contribution in [0, 0.1) is 0 Å². The monoisotopic (exact) mass is 328 g/mol. The number of hydrogen-bond donors (Lipinski definition) is 0. The molecule has 0 N–H and O–H groups in total. The summed E-state index contributed by atoms with van der Waals surface area (Å²) in [7, 11) is 0. The molecule has 0 aliphatic rings. The van der Waals surface area contributed by atoms with E-state index in [2.05, 4.69) is 13.5 Å². The maximum Gasteiger partial charge on any atom is 0.333 e.